The Morgan fingerprint density at radius 2 is 1.91 bits per heavy atom. The van der Waals surface area contributed by atoms with Gasteiger partial charge in [-0.25, -0.2) is 13.4 Å². The second-order valence-corrected chi connectivity index (χ2v) is 10.7. The second kappa shape index (κ2) is 9.62. The van der Waals surface area contributed by atoms with E-state index in [0.717, 1.165) is 37.0 Å². The highest BCUT2D eigenvalue weighted by molar-refractivity contribution is 7.92. The minimum atomic E-state index is -3.93. The van der Waals surface area contributed by atoms with Gasteiger partial charge in [0.05, 0.1) is 10.7 Å². The highest BCUT2D eigenvalue weighted by Gasteiger charge is 2.21. The van der Waals surface area contributed by atoms with Gasteiger partial charge in [0, 0.05) is 22.8 Å². The molecule has 0 amide bonds. The third kappa shape index (κ3) is 5.06. The molecule has 182 valence electrons. The first kappa shape index (κ1) is 23.8. The monoisotopic (exact) mass is 532 g/mol. The van der Waals surface area contributed by atoms with Gasteiger partial charge in [-0.3, -0.25) is 9.82 Å². The third-order valence-corrected chi connectivity index (χ3v) is 7.77. The molecule has 3 heterocycles. The Kier molecular flexibility index (Phi) is 6.54. The van der Waals surface area contributed by atoms with Gasteiger partial charge in [-0.15, -0.1) is 0 Å². The van der Waals surface area contributed by atoms with E-state index in [-0.39, 0.29) is 21.0 Å². The number of halogens is 2. The van der Waals surface area contributed by atoms with Crippen LogP contribution >= 0.6 is 23.2 Å². The number of sulfonamides is 1. The molecule has 5 rings (SSSR count). The van der Waals surface area contributed by atoms with Crippen LogP contribution in [0.15, 0.2) is 47.4 Å². The van der Waals surface area contributed by atoms with E-state index >= 15 is 0 Å². The fourth-order valence-corrected chi connectivity index (χ4v) is 5.74. The van der Waals surface area contributed by atoms with Crippen LogP contribution in [0.1, 0.15) is 18.5 Å². The smallest absolute Gasteiger partial charge is 0.263 e. The largest absolute Gasteiger partial charge is 0.472 e. The van der Waals surface area contributed by atoms with Crippen LogP contribution in [0.25, 0.3) is 22.4 Å². The zero-order valence-electron chi connectivity index (χ0n) is 18.7. The Balaban J connectivity index is 1.43. The first-order valence-electron chi connectivity index (χ1n) is 11.0. The molecular formula is C23H22Cl2N6O3S. The number of rotatable bonds is 6. The minimum Gasteiger partial charge on any atom is -0.472 e. The molecule has 1 aliphatic heterocycles. The molecule has 1 unspecified atom stereocenters. The molecule has 0 spiro atoms. The van der Waals surface area contributed by atoms with Gasteiger partial charge in [-0.1, -0.05) is 23.2 Å². The molecule has 3 N–H and O–H groups in total. The topological polar surface area (TPSA) is 122 Å². The van der Waals surface area contributed by atoms with Gasteiger partial charge >= 0.3 is 0 Å². The van der Waals surface area contributed by atoms with Crippen LogP contribution in [0.4, 0.5) is 5.69 Å². The van der Waals surface area contributed by atoms with Crippen molar-refractivity contribution in [3.63, 3.8) is 0 Å². The summed E-state index contributed by atoms with van der Waals surface area (Å²) >= 11 is 12.0. The van der Waals surface area contributed by atoms with Crippen LogP contribution in [-0.4, -0.2) is 47.8 Å². The van der Waals surface area contributed by atoms with Gasteiger partial charge in [-0.2, -0.15) is 10.1 Å². The number of ether oxygens (including phenoxy) is 1. The Morgan fingerprint density at radius 3 is 2.66 bits per heavy atom. The molecule has 2 aromatic carbocycles. The molecule has 1 saturated heterocycles. The van der Waals surface area contributed by atoms with Crippen molar-refractivity contribution in [3.05, 3.63) is 58.2 Å². The Hall–Kier alpha value is -2.92. The summed E-state index contributed by atoms with van der Waals surface area (Å²) < 4.78 is 34.4. The Morgan fingerprint density at radius 1 is 1.11 bits per heavy atom. The second-order valence-electron chi connectivity index (χ2n) is 8.23. The van der Waals surface area contributed by atoms with Crippen LogP contribution in [0.3, 0.4) is 0 Å². The van der Waals surface area contributed by atoms with Crippen molar-refractivity contribution in [2.24, 2.45) is 0 Å². The first-order chi connectivity index (χ1) is 16.8. The molecule has 0 radical (unpaired) electrons. The van der Waals surface area contributed by atoms with Crippen molar-refractivity contribution in [3.8, 4) is 17.3 Å². The lowest BCUT2D eigenvalue weighted by Gasteiger charge is -2.23. The predicted octanol–water partition coefficient (Wildman–Crippen LogP) is 4.57. The maximum absolute atomic E-state index is 12.8. The number of nitrogens with one attached hydrogen (secondary N) is 3. The summed E-state index contributed by atoms with van der Waals surface area (Å²) in [4.78, 5) is 9.18. The van der Waals surface area contributed by atoms with E-state index in [2.05, 4.69) is 30.2 Å². The summed E-state index contributed by atoms with van der Waals surface area (Å²) in [6.45, 7) is 3.61. The molecule has 4 aromatic rings. The maximum Gasteiger partial charge on any atom is 0.263 e. The quantitative estimate of drug-likeness (QED) is 0.332. The van der Waals surface area contributed by atoms with Crippen LogP contribution in [0.5, 0.6) is 5.88 Å². The fraction of sp³-hybridized carbons (Fsp3) is 0.261. The lowest BCUT2D eigenvalue weighted by Crippen LogP contribution is -2.37. The number of fused-ring (bicyclic) bond motifs is 1. The molecule has 0 saturated carbocycles. The van der Waals surface area contributed by atoms with E-state index in [1.165, 1.54) is 18.2 Å². The van der Waals surface area contributed by atoms with Crippen LogP contribution in [0, 0.1) is 6.92 Å². The van der Waals surface area contributed by atoms with E-state index < -0.39 is 10.0 Å². The molecule has 0 aliphatic carbocycles. The van der Waals surface area contributed by atoms with Crippen molar-refractivity contribution < 1.29 is 13.2 Å². The van der Waals surface area contributed by atoms with Gasteiger partial charge < -0.3 is 10.1 Å². The van der Waals surface area contributed by atoms with Crippen LogP contribution in [0.2, 0.25) is 10.0 Å². The number of aromatic nitrogens is 4. The molecule has 1 fully saturated rings. The highest BCUT2D eigenvalue weighted by atomic mass is 35.5. The summed E-state index contributed by atoms with van der Waals surface area (Å²) in [5.41, 5.74) is 2.38. The SMILES string of the molecule is Cc1n[nH]c2nc(-c3ccc(NS(=O)(=O)c4cc(Cl)ccc4Cl)cc3)nc(OC3CCCNC3)c12. The van der Waals surface area contributed by atoms with Gasteiger partial charge in [0.25, 0.3) is 10.0 Å². The Bertz CT molecular complexity index is 1490. The number of piperidine rings is 1. The number of aromatic amines is 1. The van der Waals surface area contributed by atoms with Crippen molar-refractivity contribution in [1.82, 2.24) is 25.5 Å². The number of benzene rings is 2. The van der Waals surface area contributed by atoms with E-state index in [9.17, 15) is 8.42 Å². The zero-order chi connectivity index (χ0) is 24.6. The molecule has 1 atom stereocenters. The van der Waals surface area contributed by atoms with Crippen molar-refractivity contribution in [2.45, 2.75) is 30.8 Å². The number of anilines is 1. The molecule has 2 aromatic heterocycles. The number of aryl methyl sites for hydroxylation is 1. The summed E-state index contributed by atoms with van der Waals surface area (Å²) in [7, 11) is -3.93. The van der Waals surface area contributed by atoms with Gasteiger partial charge in [0.2, 0.25) is 5.88 Å². The molecule has 9 nitrogen and oxygen atoms in total. The lowest BCUT2D eigenvalue weighted by atomic mass is 10.1. The average molecular weight is 533 g/mol. The van der Waals surface area contributed by atoms with Gasteiger partial charge in [-0.05, 0) is 68.8 Å². The number of H-pyrrole nitrogens is 1. The molecule has 0 bridgehead atoms. The minimum absolute atomic E-state index is 0.0131. The fourth-order valence-electron chi connectivity index (χ4n) is 3.91. The summed E-state index contributed by atoms with van der Waals surface area (Å²) in [6, 6.07) is 11.0. The van der Waals surface area contributed by atoms with Crippen LogP contribution < -0.4 is 14.8 Å². The molecular weight excluding hydrogens is 511 g/mol. The summed E-state index contributed by atoms with van der Waals surface area (Å²) in [6.07, 6.45) is 1.99. The summed E-state index contributed by atoms with van der Waals surface area (Å²) in [5.74, 6) is 0.914. The van der Waals surface area contributed by atoms with E-state index in [1.807, 2.05) is 6.92 Å². The van der Waals surface area contributed by atoms with E-state index in [0.29, 0.717) is 28.6 Å². The normalized spacial score (nSPS) is 16.4. The Labute approximate surface area is 212 Å². The van der Waals surface area contributed by atoms with Crippen molar-refractivity contribution >= 4 is 49.9 Å². The lowest BCUT2D eigenvalue weighted by molar-refractivity contribution is 0.163. The van der Waals surface area contributed by atoms with Gasteiger partial charge in [0.15, 0.2) is 11.5 Å². The molecule has 12 heteroatoms. The third-order valence-electron chi connectivity index (χ3n) is 5.68. The highest BCUT2D eigenvalue weighted by Crippen LogP contribution is 2.31. The average Bonchev–Trinajstić information content (AvgIpc) is 3.22. The standard InChI is InChI=1S/C23H22Cl2N6O3S/c1-13-20-22(30-29-13)27-21(28-23(20)34-17-3-2-10-26-12-17)14-4-7-16(8-5-14)31-35(32,33)19-11-15(24)6-9-18(19)25/h4-9,11,17,26,31H,2-3,10,12H2,1H3,(H,27,28,29,30). The van der Waals surface area contributed by atoms with E-state index in [4.69, 9.17) is 27.9 Å². The van der Waals surface area contributed by atoms with Crippen molar-refractivity contribution in [2.75, 3.05) is 17.8 Å². The zero-order valence-corrected chi connectivity index (χ0v) is 21.0. The predicted molar refractivity (Wildman–Crippen MR) is 136 cm³/mol. The number of hydrogen-bond donors (Lipinski definition) is 3. The summed E-state index contributed by atoms with van der Waals surface area (Å²) in [5, 5.41) is 11.6. The first-order valence-corrected chi connectivity index (χ1v) is 13.2. The molecule has 35 heavy (non-hydrogen) atoms. The molecule has 1 aliphatic rings. The van der Waals surface area contributed by atoms with Crippen molar-refractivity contribution in [1.29, 1.82) is 0 Å². The maximum atomic E-state index is 12.8. The van der Waals surface area contributed by atoms with E-state index in [1.54, 1.807) is 24.3 Å². The number of hydrogen-bond acceptors (Lipinski definition) is 7. The van der Waals surface area contributed by atoms with Gasteiger partial charge in [0.1, 0.15) is 16.4 Å². The number of nitrogens with zero attached hydrogens (tertiary/aromatic N) is 3. The van der Waals surface area contributed by atoms with Crippen LogP contribution in [-0.2, 0) is 10.0 Å².